The summed E-state index contributed by atoms with van der Waals surface area (Å²) in [4.78, 5) is 26.7. The second-order valence-electron chi connectivity index (χ2n) is 6.52. The van der Waals surface area contributed by atoms with Crippen molar-refractivity contribution < 1.29 is 14.0 Å². The van der Waals surface area contributed by atoms with Crippen LogP contribution in [0.15, 0.2) is 47.1 Å². The second-order valence-corrected chi connectivity index (χ2v) is 6.52. The summed E-state index contributed by atoms with van der Waals surface area (Å²) in [6.07, 6.45) is 3.47. The van der Waals surface area contributed by atoms with Gasteiger partial charge in [-0.05, 0) is 56.0 Å². The van der Waals surface area contributed by atoms with Gasteiger partial charge in [0.1, 0.15) is 0 Å². The van der Waals surface area contributed by atoms with Gasteiger partial charge in [0, 0.05) is 30.4 Å². The van der Waals surface area contributed by atoms with Crippen molar-refractivity contribution in [1.29, 1.82) is 0 Å². The van der Waals surface area contributed by atoms with Crippen LogP contribution in [0.2, 0.25) is 0 Å². The van der Waals surface area contributed by atoms with E-state index in [4.69, 9.17) is 10.2 Å². The third-order valence-corrected chi connectivity index (χ3v) is 4.60. The molecule has 0 spiro atoms. The van der Waals surface area contributed by atoms with Crippen molar-refractivity contribution in [2.24, 2.45) is 11.7 Å². The molecular weight excluding hydrogens is 354 g/mol. The summed E-state index contributed by atoms with van der Waals surface area (Å²) in [5, 5.41) is 2.75. The average molecular weight is 378 g/mol. The van der Waals surface area contributed by atoms with Gasteiger partial charge in [0.25, 0.3) is 11.8 Å². The van der Waals surface area contributed by atoms with E-state index in [1.807, 2.05) is 11.8 Å². The summed E-state index contributed by atoms with van der Waals surface area (Å²) in [6, 6.07) is 10.3. The first-order valence-electron chi connectivity index (χ1n) is 8.54. The summed E-state index contributed by atoms with van der Waals surface area (Å²) in [7, 11) is 0. The van der Waals surface area contributed by atoms with Gasteiger partial charge in [-0.15, -0.1) is 12.4 Å². The molecule has 6 nitrogen and oxygen atoms in total. The SMILES string of the molecule is CC(N)C1CCCN(C(=O)c2cccc(NC(=O)c3ccco3)c2)C1.Cl. The average Bonchev–Trinajstić information content (AvgIpc) is 3.16. The number of carbonyl (C=O) groups is 2. The fourth-order valence-electron chi connectivity index (χ4n) is 3.14. The third kappa shape index (κ3) is 4.65. The lowest BCUT2D eigenvalue weighted by Gasteiger charge is -2.34. The first-order chi connectivity index (χ1) is 12.0. The van der Waals surface area contributed by atoms with Gasteiger partial charge in [-0.25, -0.2) is 0 Å². The van der Waals surface area contributed by atoms with Crippen LogP contribution < -0.4 is 11.1 Å². The molecule has 1 aromatic carbocycles. The Kier molecular flexibility index (Phi) is 6.83. The molecule has 2 amide bonds. The second kappa shape index (κ2) is 8.87. The van der Waals surface area contributed by atoms with Gasteiger partial charge in [0.05, 0.1) is 6.26 Å². The molecule has 26 heavy (non-hydrogen) atoms. The number of benzene rings is 1. The predicted octanol–water partition coefficient (Wildman–Crippen LogP) is 3.15. The fraction of sp³-hybridized carbons (Fsp3) is 0.368. The molecule has 1 aromatic heterocycles. The first-order valence-corrected chi connectivity index (χ1v) is 8.54. The number of piperidine rings is 1. The minimum atomic E-state index is -0.343. The monoisotopic (exact) mass is 377 g/mol. The summed E-state index contributed by atoms with van der Waals surface area (Å²) < 4.78 is 5.08. The highest BCUT2D eigenvalue weighted by Gasteiger charge is 2.26. The molecule has 2 aromatic rings. The number of amides is 2. The number of likely N-dealkylation sites (tertiary alicyclic amines) is 1. The summed E-state index contributed by atoms with van der Waals surface area (Å²) in [6.45, 7) is 3.41. The molecule has 3 rings (SSSR count). The Morgan fingerprint density at radius 2 is 2.12 bits per heavy atom. The quantitative estimate of drug-likeness (QED) is 0.856. The molecule has 0 radical (unpaired) electrons. The van der Waals surface area contributed by atoms with Crippen LogP contribution >= 0.6 is 12.4 Å². The summed E-state index contributed by atoms with van der Waals surface area (Å²) in [5.74, 6) is 0.191. The van der Waals surface area contributed by atoms with Crippen LogP contribution in [0.25, 0.3) is 0 Å². The Morgan fingerprint density at radius 3 is 2.81 bits per heavy atom. The molecule has 1 fully saturated rings. The lowest BCUT2D eigenvalue weighted by molar-refractivity contribution is 0.0660. The van der Waals surface area contributed by atoms with Crippen molar-refractivity contribution in [2.45, 2.75) is 25.8 Å². The number of hydrogen-bond acceptors (Lipinski definition) is 4. The van der Waals surface area contributed by atoms with E-state index in [-0.39, 0.29) is 36.0 Å². The van der Waals surface area contributed by atoms with Crippen LogP contribution in [0.3, 0.4) is 0 Å². The number of furan rings is 1. The van der Waals surface area contributed by atoms with Crippen LogP contribution in [0.5, 0.6) is 0 Å². The van der Waals surface area contributed by atoms with E-state index in [1.165, 1.54) is 6.26 Å². The van der Waals surface area contributed by atoms with Crippen LogP contribution in [-0.2, 0) is 0 Å². The molecule has 140 valence electrons. The number of nitrogens with zero attached hydrogens (tertiary/aromatic N) is 1. The van der Waals surface area contributed by atoms with Crippen molar-refractivity contribution in [1.82, 2.24) is 4.90 Å². The normalized spacial score (nSPS) is 17.9. The van der Waals surface area contributed by atoms with Gasteiger partial charge >= 0.3 is 0 Å². The zero-order chi connectivity index (χ0) is 17.8. The Bertz CT molecular complexity index is 746. The standard InChI is InChI=1S/C19H23N3O3.ClH/c1-13(20)15-6-3-9-22(12-15)19(24)14-5-2-7-16(11-14)21-18(23)17-8-4-10-25-17;/h2,4-5,7-8,10-11,13,15H,3,6,9,12,20H2,1H3,(H,21,23);1H. The highest BCUT2D eigenvalue weighted by Crippen LogP contribution is 2.21. The summed E-state index contributed by atoms with van der Waals surface area (Å²) >= 11 is 0. The highest BCUT2D eigenvalue weighted by atomic mass is 35.5. The lowest BCUT2D eigenvalue weighted by Crippen LogP contribution is -2.45. The molecule has 2 atom stereocenters. The van der Waals surface area contributed by atoms with Gasteiger partial charge in [-0.3, -0.25) is 9.59 Å². The third-order valence-electron chi connectivity index (χ3n) is 4.60. The molecule has 7 heteroatoms. The van der Waals surface area contributed by atoms with Gasteiger partial charge in [0.15, 0.2) is 5.76 Å². The van der Waals surface area contributed by atoms with Crippen LogP contribution in [0.4, 0.5) is 5.69 Å². The molecule has 2 unspecified atom stereocenters. The Labute approximate surface area is 159 Å². The maximum atomic E-state index is 12.8. The highest BCUT2D eigenvalue weighted by molar-refractivity contribution is 6.03. The number of hydrogen-bond donors (Lipinski definition) is 2. The van der Waals surface area contributed by atoms with Crippen LogP contribution in [-0.4, -0.2) is 35.8 Å². The predicted molar refractivity (Wildman–Crippen MR) is 103 cm³/mol. The molecule has 0 aliphatic carbocycles. The number of carbonyl (C=O) groups excluding carboxylic acids is 2. The number of nitrogens with two attached hydrogens (primary N) is 1. The van der Waals surface area contributed by atoms with Crippen molar-refractivity contribution >= 4 is 29.9 Å². The van der Waals surface area contributed by atoms with Gasteiger partial charge in [0.2, 0.25) is 0 Å². The molecule has 0 saturated carbocycles. The van der Waals surface area contributed by atoms with E-state index in [1.54, 1.807) is 36.4 Å². The number of nitrogens with one attached hydrogen (secondary N) is 1. The maximum Gasteiger partial charge on any atom is 0.291 e. The molecule has 3 N–H and O–H groups in total. The van der Waals surface area contributed by atoms with Crippen LogP contribution in [0, 0.1) is 5.92 Å². The minimum Gasteiger partial charge on any atom is -0.459 e. The Morgan fingerprint density at radius 1 is 1.31 bits per heavy atom. The zero-order valence-electron chi connectivity index (χ0n) is 14.7. The molecule has 2 heterocycles. The van der Waals surface area contributed by atoms with Crippen molar-refractivity contribution in [3.05, 3.63) is 54.0 Å². The van der Waals surface area contributed by atoms with Crippen molar-refractivity contribution in [3.8, 4) is 0 Å². The Balaban J connectivity index is 0.00000243. The van der Waals surface area contributed by atoms with Crippen molar-refractivity contribution in [2.75, 3.05) is 18.4 Å². The summed E-state index contributed by atoms with van der Waals surface area (Å²) in [5.41, 5.74) is 7.12. The van der Waals surface area contributed by atoms with Crippen LogP contribution in [0.1, 0.15) is 40.7 Å². The fourth-order valence-corrected chi connectivity index (χ4v) is 3.14. The molecular formula is C19H24ClN3O3. The van der Waals surface area contributed by atoms with E-state index in [2.05, 4.69) is 5.32 Å². The van der Waals surface area contributed by atoms with Gasteiger partial charge in [-0.2, -0.15) is 0 Å². The lowest BCUT2D eigenvalue weighted by atomic mass is 9.92. The zero-order valence-corrected chi connectivity index (χ0v) is 15.5. The number of anilines is 1. The number of rotatable bonds is 4. The van der Waals surface area contributed by atoms with Crippen molar-refractivity contribution in [3.63, 3.8) is 0 Å². The Hall–Kier alpha value is -2.31. The molecule has 1 saturated heterocycles. The van der Waals surface area contributed by atoms with E-state index in [9.17, 15) is 9.59 Å². The smallest absolute Gasteiger partial charge is 0.291 e. The maximum absolute atomic E-state index is 12.8. The molecule has 0 bridgehead atoms. The van der Waals surface area contributed by atoms with Gasteiger partial charge in [-0.1, -0.05) is 6.07 Å². The first kappa shape index (κ1) is 20.0. The van der Waals surface area contributed by atoms with E-state index < -0.39 is 0 Å². The minimum absolute atomic E-state index is 0. The largest absolute Gasteiger partial charge is 0.459 e. The molecule has 1 aliphatic rings. The number of halogens is 1. The van der Waals surface area contributed by atoms with Gasteiger partial charge < -0.3 is 20.4 Å². The van der Waals surface area contributed by atoms with E-state index >= 15 is 0 Å². The topological polar surface area (TPSA) is 88.6 Å². The van der Waals surface area contributed by atoms with E-state index in [0.29, 0.717) is 23.7 Å². The molecule has 1 aliphatic heterocycles. The van der Waals surface area contributed by atoms with E-state index in [0.717, 1.165) is 19.4 Å².